The minimum Gasteiger partial charge on any atom is -0.491 e. The molecule has 0 aliphatic carbocycles. The first-order valence-electron chi connectivity index (χ1n) is 13.9. The Morgan fingerprint density at radius 2 is 1.76 bits per heavy atom. The number of allylic oxidation sites excluding steroid dienone is 1. The van der Waals surface area contributed by atoms with Crippen molar-refractivity contribution in [3.05, 3.63) is 70.9 Å². The van der Waals surface area contributed by atoms with Crippen molar-refractivity contribution in [2.75, 3.05) is 37.3 Å². The van der Waals surface area contributed by atoms with E-state index in [1.807, 2.05) is 38.1 Å². The number of nitrogens with zero attached hydrogens (tertiary/aromatic N) is 1. The van der Waals surface area contributed by atoms with E-state index in [1.165, 1.54) is 25.2 Å². The molecule has 1 aliphatic heterocycles. The number of rotatable bonds is 8. The maximum Gasteiger partial charge on any atom is 0.267 e. The van der Waals surface area contributed by atoms with Crippen molar-refractivity contribution in [2.24, 2.45) is 5.92 Å². The Morgan fingerprint density at radius 1 is 1.10 bits per heavy atom. The fourth-order valence-electron chi connectivity index (χ4n) is 4.25. The van der Waals surface area contributed by atoms with Gasteiger partial charge in [0.05, 0.1) is 29.7 Å². The van der Waals surface area contributed by atoms with E-state index in [0.29, 0.717) is 24.4 Å². The Labute approximate surface area is 248 Å². The molecule has 42 heavy (non-hydrogen) atoms. The highest BCUT2D eigenvalue weighted by molar-refractivity contribution is 7.92. The summed E-state index contributed by atoms with van der Waals surface area (Å²) >= 11 is 0. The Kier molecular flexibility index (Phi) is 11.0. The van der Waals surface area contributed by atoms with Gasteiger partial charge in [-0.25, -0.2) is 8.42 Å². The molecule has 2 aromatic rings. The molecule has 4 N–H and O–H groups in total. The topological polar surface area (TPSA) is 146 Å². The van der Waals surface area contributed by atoms with Crippen LogP contribution in [-0.4, -0.2) is 71.2 Å². The number of hydrogen-bond acceptors (Lipinski definition) is 7. The third-order valence-corrected chi connectivity index (χ3v) is 7.85. The summed E-state index contributed by atoms with van der Waals surface area (Å²) in [7, 11) is -2.31. The minimum absolute atomic E-state index is 0.117. The number of sulfonamides is 1. The Morgan fingerprint density at radius 3 is 2.38 bits per heavy atom. The summed E-state index contributed by atoms with van der Waals surface area (Å²) in [5.74, 6) is -0.318. The van der Waals surface area contributed by atoms with E-state index in [2.05, 4.69) is 21.3 Å². The third kappa shape index (κ3) is 9.23. The molecule has 1 unspecified atom stereocenters. The van der Waals surface area contributed by atoms with Crippen LogP contribution >= 0.6 is 0 Å². The van der Waals surface area contributed by atoms with Crippen LogP contribution in [0.4, 0.5) is 5.69 Å². The quantitative estimate of drug-likeness (QED) is 0.340. The van der Waals surface area contributed by atoms with Crippen LogP contribution in [0.15, 0.2) is 54.2 Å². The second-order valence-electron chi connectivity index (χ2n) is 10.9. The van der Waals surface area contributed by atoms with Crippen molar-refractivity contribution in [3.63, 3.8) is 0 Å². The molecule has 3 rings (SSSR count). The van der Waals surface area contributed by atoms with Crippen LogP contribution in [0.3, 0.4) is 0 Å². The van der Waals surface area contributed by atoms with Gasteiger partial charge in [-0.15, -0.1) is 0 Å². The molecule has 1 aliphatic rings. The summed E-state index contributed by atoms with van der Waals surface area (Å²) in [6, 6.07) is 10.9. The van der Waals surface area contributed by atoms with Gasteiger partial charge < -0.3 is 26.0 Å². The van der Waals surface area contributed by atoms with E-state index in [1.54, 1.807) is 19.9 Å². The van der Waals surface area contributed by atoms with Crippen LogP contribution in [0.1, 0.15) is 54.0 Å². The molecule has 0 radical (unpaired) electrons. The number of benzene rings is 2. The minimum atomic E-state index is -3.67. The van der Waals surface area contributed by atoms with Crippen molar-refractivity contribution in [2.45, 2.75) is 46.2 Å². The first kappa shape index (κ1) is 32.5. The lowest BCUT2D eigenvalue weighted by atomic mass is 10.0. The van der Waals surface area contributed by atoms with E-state index >= 15 is 0 Å². The largest absolute Gasteiger partial charge is 0.491 e. The van der Waals surface area contributed by atoms with Gasteiger partial charge in [-0.1, -0.05) is 32.1 Å². The maximum atomic E-state index is 13.6. The van der Waals surface area contributed by atoms with Crippen LogP contribution in [0.5, 0.6) is 5.75 Å². The molecule has 11 nitrogen and oxygen atoms in total. The zero-order chi connectivity index (χ0) is 31.0. The first-order chi connectivity index (χ1) is 19.8. The number of anilines is 1. The van der Waals surface area contributed by atoms with Crippen molar-refractivity contribution < 1.29 is 27.5 Å². The van der Waals surface area contributed by atoms with Gasteiger partial charge in [0.15, 0.2) is 0 Å². The van der Waals surface area contributed by atoms with Gasteiger partial charge in [0.25, 0.3) is 17.7 Å². The molecule has 0 saturated carbocycles. The number of ether oxygens (including phenoxy) is 1. The number of amides is 3. The summed E-state index contributed by atoms with van der Waals surface area (Å²) < 4.78 is 31.5. The molecule has 2 atom stereocenters. The van der Waals surface area contributed by atoms with E-state index in [9.17, 15) is 22.8 Å². The predicted octanol–water partition coefficient (Wildman–Crippen LogP) is 2.20. The number of carbonyl (C=O) groups is 3. The monoisotopic (exact) mass is 599 g/mol. The molecule has 0 saturated heterocycles. The summed E-state index contributed by atoms with van der Waals surface area (Å²) in [5, 5.41) is 11.9. The van der Waals surface area contributed by atoms with Gasteiger partial charge in [0.1, 0.15) is 12.4 Å². The Balaban J connectivity index is 1.99. The van der Waals surface area contributed by atoms with Crippen LogP contribution in [-0.2, 0) is 21.2 Å². The smallest absolute Gasteiger partial charge is 0.267 e. The fourth-order valence-corrected chi connectivity index (χ4v) is 4.73. The molecule has 1 heterocycles. The molecule has 0 spiro atoms. The number of carbonyl (C=O) groups excluding carboxylic acids is 3. The zero-order valence-corrected chi connectivity index (χ0v) is 25.8. The fraction of sp³-hybridized carbons (Fsp3) is 0.433. The van der Waals surface area contributed by atoms with Crippen LogP contribution in [0.25, 0.3) is 0 Å². The molecular formula is C30H41N5O6S. The summed E-state index contributed by atoms with van der Waals surface area (Å²) in [4.78, 5) is 39.5. The van der Waals surface area contributed by atoms with Crippen molar-refractivity contribution in [1.82, 2.24) is 21.3 Å². The summed E-state index contributed by atoms with van der Waals surface area (Å²) in [6.07, 6.45) is 3.12. The van der Waals surface area contributed by atoms with E-state index in [0.717, 1.165) is 16.1 Å². The molecule has 0 aromatic heterocycles. The molecule has 4 bridgehead atoms. The predicted molar refractivity (Wildman–Crippen MR) is 163 cm³/mol. The summed E-state index contributed by atoms with van der Waals surface area (Å²) in [6.45, 7) is 8.50. The average molecular weight is 600 g/mol. The van der Waals surface area contributed by atoms with Gasteiger partial charge in [0.2, 0.25) is 10.0 Å². The second kappa shape index (κ2) is 14.2. The third-order valence-electron chi connectivity index (χ3n) is 6.64. The number of nitrogens with one attached hydrogen (secondary N) is 4. The average Bonchev–Trinajstić information content (AvgIpc) is 2.93. The van der Waals surface area contributed by atoms with Gasteiger partial charge in [-0.3, -0.25) is 18.7 Å². The van der Waals surface area contributed by atoms with Gasteiger partial charge in [-0.05, 0) is 62.1 Å². The van der Waals surface area contributed by atoms with Crippen molar-refractivity contribution in [3.8, 4) is 5.75 Å². The Bertz CT molecular complexity index is 1440. The lowest BCUT2D eigenvalue weighted by Crippen LogP contribution is -2.45. The summed E-state index contributed by atoms with van der Waals surface area (Å²) in [5.41, 5.74) is 1.68. The van der Waals surface area contributed by atoms with E-state index in [-0.39, 0.29) is 47.8 Å². The molecule has 228 valence electrons. The lowest BCUT2D eigenvalue weighted by molar-refractivity contribution is -0.118. The van der Waals surface area contributed by atoms with Crippen LogP contribution in [0, 0.1) is 5.92 Å². The molecule has 0 fully saturated rings. The van der Waals surface area contributed by atoms with Crippen molar-refractivity contribution >= 4 is 33.4 Å². The number of fused-ring (bicyclic) bond motifs is 4. The van der Waals surface area contributed by atoms with Gasteiger partial charge in [0, 0.05) is 31.3 Å². The van der Waals surface area contributed by atoms with Crippen LogP contribution < -0.4 is 30.3 Å². The van der Waals surface area contributed by atoms with E-state index < -0.39 is 27.9 Å². The SMILES string of the molecule is C/C=C(\NCC1Cc2cccc(c2)OC[C@H](C)NC(=O)c2cc(cc(N(C)S(C)(=O)=O)c2)C(=O)N1)C(=O)NCC(C)C. The lowest BCUT2D eigenvalue weighted by Gasteiger charge is -2.23. The Hall–Kier alpha value is -4.06. The van der Waals surface area contributed by atoms with Gasteiger partial charge in [-0.2, -0.15) is 0 Å². The van der Waals surface area contributed by atoms with Crippen LogP contribution in [0.2, 0.25) is 0 Å². The highest BCUT2D eigenvalue weighted by Crippen LogP contribution is 2.22. The standard InChI is InChI=1S/C30H41N5O6S/c1-7-27(30(38)32-16-19(2)3)31-17-24-11-21-9-8-10-26(12-21)41-18-20(4)33-28(36)22-13-23(29(37)34-24)15-25(14-22)35(5)42(6,39)40/h7-10,12-15,19-20,24,31H,11,16-18H2,1-6H3,(H,32,38)(H,33,36)(H,34,37)/b27-7-/t20-,24?/m0/s1. The second-order valence-corrected chi connectivity index (χ2v) is 12.9. The maximum absolute atomic E-state index is 13.6. The molecule has 2 aromatic carbocycles. The molecular weight excluding hydrogens is 558 g/mol. The zero-order valence-electron chi connectivity index (χ0n) is 25.0. The highest BCUT2D eigenvalue weighted by Gasteiger charge is 2.22. The first-order valence-corrected chi connectivity index (χ1v) is 15.7. The molecule has 3 amide bonds. The molecule has 12 heteroatoms. The highest BCUT2D eigenvalue weighted by atomic mass is 32.2. The van der Waals surface area contributed by atoms with Gasteiger partial charge >= 0.3 is 0 Å². The number of hydrogen-bond donors (Lipinski definition) is 4. The van der Waals surface area contributed by atoms with E-state index in [4.69, 9.17) is 4.74 Å². The normalized spacial score (nSPS) is 18.1. The van der Waals surface area contributed by atoms with Crippen molar-refractivity contribution in [1.29, 1.82) is 0 Å².